The molecule has 0 saturated carbocycles. The molecular weight excluding hydrogens is 475 g/mol. The van der Waals surface area contributed by atoms with E-state index in [-0.39, 0.29) is 27.2 Å². The lowest BCUT2D eigenvalue weighted by atomic mass is 10.2. The Balaban J connectivity index is 1.64. The van der Waals surface area contributed by atoms with E-state index in [1.165, 1.54) is 24.3 Å². The predicted octanol–water partition coefficient (Wildman–Crippen LogP) is 3.98. The highest BCUT2D eigenvalue weighted by Crippen LogP contribution is 2.30. The summed E-state index contributed by atoms with van der Waals surface area (Å²) >= 11 is 17.8. The van der Waals surface area contributed by atoms with Crippen molar-refractivity contribution in [2.45, 2.75) is 23.8 Å². The number of carbonyl (C=O) groups is 2. The van der Waals surface area contributed by atoms with Gasteiger partial charge in [-0.1, -0.05) is 40.9 Å². The van der Waals surface area contributed by atoms with Crippen LogP contribution in [0.1, 0.15) is 12.8 Å². The molecule has 1 heterocycles. The number of hydrogen-bond acceptors (Lipinski definition) is 5. The fourth-order valence-corrected chi connectivity index (χ4v) is 5.30. The van der Waals surface area contributed by atoms with Crippen LogP contribution in [0.25, 0.3) is 0 Å². The maximum atomic E-state index is 12.9. The highest BCUT2D eigenvalue weighted by Gasteiger charge is 2.40. The molecule has 0 spiro atoms. The lowest BCUT2D eigenvalue weighted by Crippen LogP contribution is -2.42. The molecule has 1 amide bonds. The molecule has 160 valence electrons. The third kappa shape index (κ3) is 5.07. The molecule has 1 atom stereocenters. The van der Waals surface area contributed by atoms with Crippen LogP contribution in [-0.4, -0.2) is 43.8 Å². The Kier molecular flexibility index (Phi) is 7.26. The number of para-hydroxylation sites is 1. The second-order valence-corrected chi connectivity index (χ2v) is 9.62. The predicted molar refractivity (Wildman–Crippen MR) is 114 cm³/mol. The average Bonchev–Trinajstić information content (AvgIpc) is 3.20. The zero-order valence-corrected chi connectivity index (χ0v) is 18.6. The number of nitrogens with zero attached hydrogens (tertiary/aromatic N) is 1. The van der Waals surface area contributed by atoms with Crippen molar-refractivity contribution in [3.8, 4) is 0 Å². The normalized spacial score (nSPS) is 17.0. The molecular formula is C19H17Cl3N2O5S. The molecule has 0 radical (unpaired) electrons. The van der Waals surface area contributed by atoms with E-state index in [0.29, 0.717) is 17.9 Å². The minimum Gasteiger partial charge on any atom is -0.454 e. The fourth-order valence-electron chi connectivity index (χ4n) is 3.03. The first-order valence-electron chi connectivity index (χ1n) is 8.88. The molecule has 30 heavy (non-hydrogen) atoms. The Bertz CT molecular complexity index is 1040. The Morgan fingerprint density at radius 3 is 2.33 bits per heavy atom. The summed E-state index contributed by atoms with van der Waals surface area (Å²) < 4.78 is 31.9. The van der Waals surface area contributed by atoms with Crippen LogP contribution in [0.5, 0.6) is 0 Å². The molecule has 2 aromatic carbocycles. The van der Waals surface area contributed by atoms with Crippen molar-refractivity contribution >= 4 is 62.4 Å². The summed E-state index contributed by atoms with van der Waals surface area (Å²) in [6.07, 6.45) is 0.789. The van der Waals surface area contributed by atoms with Crippen molar-refractivity contribution in [1.29, 1.82) is 0 Å². The second-order valence-electron chi connectivity index (χ2n) is 6.48. The summed E-state index contributed by atoms with van der Waals surface area (Å²) in [5, 5.41) is 3.34. The molecule has 1 aliphatic heterocycles. The minimum atomic E-state index is -3.91. The summed E-state index contributed by atoms with van der Waals surface area (Å²) in [4.78, 5) is 24.6. The van der Waals surface area contributed by atoms with Crippen LogP contribution in [0, 0.1) is 0 Å². The van der Waals surface area contributed by atoms with Gasteiger partial charge in [-0.15, -0.1) is 0 Å². The van der Waals surface area contributed by atoms with E-state index in [1.54, 1.807) is 18.2 Å². The number of nitrogens with one attached hydrogen (secondary N) is 1. The van der Waals surface area contributed by atoms with E-state index in [4.69, 9.17) is 39.5 Å². The van der Waals surface area contributed by atoms with Crippen molar-refractivity contribution < 1.29 is 22.7 Å². The van der Waals surface area contributed by atoms with Crippen molar-refractivity contribution in [2.75, 3.05) is 18.5 Å². The van der Waals surface area contributed by atoms with Crippen molar-refractivity contribution in [1.82, 2.24) is 4.31 Å². The number of hydrogen-bond donors (Lipinski definition) is 1. The number of benzene rings is 2. The number of esters is 1. The highest BCUT2D eigenvalue weighted by molar-refractivity contribution is 7.89. The third-order valence-corrected chi connectivity index (χ3v) is 7.27. The van der Waals surface area contributed by atoms with E-state index >= 15 is 0 Å². The maximum absolute atomic E-state index is 12.9. The smallest absolute Gasteiger partial charge is 0.324 e. The summed E-state index contributed by atoms with van der Waals surface area (Å²) in [5.41, 5.74) is 0.203. The minimum absolute atomic E-state index is 0.0257. The van der Waals surface area contributed by atoms with E-state index in [0.717, 1.165) is 4.31 Å². The summed E-state index contributed by atoms with van der Waals surface area (Å²) in [6.45, 7) is -0.433. The zero-order chi connectivity index (χ0) is 21.9. The van der Waals surface area contributed by atoms with Gasteiger partial charge in [0.05, 0.1) is 20.6 Å². The summed E-state index contributed by atoms with van der Waals surface area (Å²) in [5.74, 6) is -1.45. The number of rotatable bonds is 6. The van der Waals surface area contributed by atoms with Crippen molar-refractivity contribution in [2.24, 2.45) is 0 Å². The number of halogens is 3. The largest absolute Gasteiger partial charge is 0.454 e. The fraction of sp³-hybridized carbons (Fsp3) is 0.263. The second kappa shape index (κ2) is 9.53. The number of amides is 1. The van der Waals surface area contributed by atoms with Crippen LogP contribution in [0.4, 0.5) is 5.69 Å². The molecule has 0 aromatic heterocycles. The van der Waals surface area contributed by atoms with Crippen LogP contribution < -0.4 is 5.32 Å². The Morgan fingerprint density at radius 1 is 1.07 bits per heavy atom. The van der Waals surface area contributed by atoms with Crippen LogP contribution in [-0.2, 0) is 24.3 Å². The van der Waals surface area contributed by atoms with Crippen LogP contribution in [0.3, 0.4) is 0 Å². The van der Waals surface area contributed by atoms with Gasteiger partial charge in [-0.2, -0.15) is 4.31 Å². The van der Waals surface area contributed by atoms with Gasteiger partial charge in [0.15, 0.2) is 6.61 Å². The Morgan fingerprint density at radius 2 is 1.70 bits per heavy atom. The molecule has 0 bridgehead atoms. The van der Waals surface area contributed by atoms with E-state index in [2.05, 4.69) is 5.32 Å². The first kappa shape index (κ1) is 22.8. The third-order valence-electron chi connectivity index (χ3n) is 4.47. The SMILES string of the molecule is O=C(COC(=O)C1CCCN1S(=O)(=O)c1ccc(Cl)cc1)Nc1c(Cl)cccc1Cl. The monoisotopic (exact) mass is 490 g/mol. The molecule has 1 fully saturated rings. The molecule has 3 rings (SSSR count). The van der Waals surface area contributed by atoms with Gasteiger partial charge < -0.3 is 10.1 Å². The Labute approximate surface area is 188 Å². The molecule has 1 N–H and O–H groups in total. The maximum Gasteiger partial charge on any atom is 0.324 e. The molecule has 1 saturated heterocycles. The molecule has 2 aromatic rings. The van der Waals surface area contributed by atoms with Crippen molar-refractivity contribution in [3.63, 3.8) is 0 Å². The van der Waals surface area contributed by atoms with Gasteiger partial charge >= 0.3 is 5.97 Å². The first-order valence-corrected chi connectivity index (χ1v) is 11.5. The number of carbonyl (C=O) groups excluding carboxylic acids is 2. The van der Waals surface area contributed by atoms with E-state index in [9.17, 15) is 18.0 Å². The quantitative estimate of drug-likeness (QED) is 0.617. The lowest BCUT2D eigenvalue weighted by Gasteiger charge is -2.22. The van der Waals surface area contributed by atoms with Gasteiger partial charge in [0.1, 0.15) is 6.04 Å². The average molecular weight is 492 g/mol. The standard InChI is InChI=1S/C19H17Cl3N2O5S/c20-12-6-8-13(9-7-12)30(27,28)24-10-2-5-16(24)19(26)29-11-17(25)23-18-14(21)3-1-4-15(18)22/h1,3-4,6-9,16H,2,5,10-11H2,(H,23,25). The van der Waals surface area contributed by atoms with Crippen molar-refractivity contribution in [3.05, 3.63) is 57.5 Å². The van der Waals surface area contributed by atoms with Gasteiger partial charge in [0.25, 0.3) is 5.91 Å². The van der Waals surface area contributed by atoms with Gasteiger partial charge in [0.2, 0.25) is 10.0 Å². The number of ether oxygens (including phenoxy) is 1. The zero-order valence-electron chi connectivity index (χ0n) is 15.5. The van der Waals surface area contributed by atoms with E-state index < -0.39 is 34.5 Å². The van der Waals surface area contributed by atoms with Gasteiger partial charge in [0, 0.05) is 11.6 Å². The van der Waals surface area contributed by atoms with Crippen LogP contribution in [0.2, 0.25) is 15.1 Å². The Hall–Kier alpha value is -1.84. The number of sulfonamides is 1. The molecule has 7 nitrogen and oxygen atoms in total. The summed E-state index contributed by atoms with van der Waals surface area (Å²) in [6, 6.07) is 9.38. The summed E-state index contributed by atoms with van der Waals surface area (Å²) in [7, 11) is -3.91. The van der Waals surface area contributed by atoms with Gasteiger partial charge in [-0.05, 0) is 49.2 Å². The first-order chi connectivity index (χ1) is 14.2. The molecule has 1 aliphatic rings. The molecule has 1 unspecified atom stereocenters. The lowest BCUT2D eigenvalue weighted by molar-refractivity contribution is -0.150. The van der Waals surface area contributed by atoms with Gasteiger partial charge in [-0.3, -0.25) is 9.59 Å². The van der Waals surface area contributed by atoms with Gasteiger partial charge in [-0.25, -0.2) is 8.42 Å². The topological polar surface area (TPSA) is 92.8 Å². The molecule has 0 aliphatic carbocycles. The highest BCUT2D eigenvalue weighted by atomic mass is 35.5. The molecule has 11 heteroatoms. The van der Waals surface area contributed by atoms with E-state index in [1.807, 2.05) is 0 Å². The number of anilines is 1. The van der Waals surface area contributed by atoms with Crippen LogP contribution in [0.15, 0.2) is 47.4 Å². The van der Waals surface area contributed by atoms with Crippen LogP contribution >= 0.6 is 34.8 Å².